The third kappa shape index (κ3) is 2.30. The number of carbonyl (C=O) groups excluding carboxylic acids is 1. The number of hydrogen-bond acceptors (Lipinski definition) is 5. The van der Waals surface area contributed by atoms with Crippen molar-refractivity contribution in [1.82, 2.24) is 20.2 Å². The van der Waals surface area contributed by atoms with Gasteiger partial charge in [0.05, 0.1) is 23.1 Å². The van der Waals surface area contributed by atoms with Gasteiger partial charge in [-0.25, -0.2) is 9.97 Å². The van der Waals surface area contributed by atoms with Crippen LogP contribution in [0.3, 0.4) is 0 Å². The number of nitrogens with zero attached hydrogens (tertiary/aromatic N) is 4. The van der Waals surface area contributed by atoms with E-state index in [9.17, 15) is 4.79 Å². The summed E-state index contributed by atoms with van der Waals surface area (Å²) >= 11 is 0. The molecule has 0 aromatic carbocycles. The van der Waals surface area contributed by atoms with Gasteiger partial charge in [0.2, 0.25) is 0 Å². The Morgan fingerprint density at radius 3 is 2.92 bits per heavy atom. The second-order valence-corrected chi connectivity index (χ2v) is 5.53. The number of pyridine rings is 2. The number of amides is 1. The van der Waals surface area contributed by atoms with E-state index in [0.717, 1.165) is 17.7 Å². The lowest BCUT2D eigenvalue weighted by molar-refractivity contribution is 0.102. The summed E-state index contributed by atoms with van der Waals surface area (Å²) in [5.74, 6) is 1.16. The first-order valence-corrected chi connectivity index (χ1v) is 7.82. The van der Waals surface area contributed by atoms with Crippen LogP contribution in [0.1, 0.15) is 23.7 Å². The average Bonchev–Trinajstić information content (AvgIpc) is 3.11. The molecule has 0 bridgehead atoms. The van der Waals surface area contributed by atoms with Gasteiger partial charge in [0.1, 0.15) is 5.82 Å². The lowest BCUT2D eigenvalue weighted by Crippen LogP contribution is -2.21. The highest BCUT2D eigenvalue weighted by Gasteiger charge is 2.27. The van der Waals surface area contributed by atoms with Crippen molar-refractivity contribution in [2.75, 3.05) is 16.8 Å². The van der Waals surface area contributed by atoms with Gasteiger partial charge < -0.3 is 10.2 Å². The standard InChI is InChI=1S/C17H16N6O/c1-2-8-23-15-12(4-3-7-18-15)17(24)22-14-6-5-13(21-16(14)23)11-9-19-20-10-11/h3-7,9-10H,2,8H2,1H3,(H,19,20)(H,22,24). The van der Waals surface area contributed by atoms with E-state index in [0.29, 0.717) is 29.4 Å². The van der Waals surface area contributed by atoms with Crippen LogP contribution in [-0.4, -0.2) is 32.6 Å². The molecular formula is C17H16N6O. The SMILES string of the molecule is CCCN1c2nc(-c3cn[nH]c3)ccc2NC(=O)c2cccnc21. The van der Waals surface area contributed by atoms with Crippen molar-refractivity contribution in [3.05, 3.63) is 48.4 Å². The zero-order valence-electron chi connectivity index (χ0n) is 13.2. The Morgan fingerprint density at radius 1 is 1.21 bits per heavy atom. The summed E-state index contributed by atoms with van der Waals surface area (Å²) in [6.07, 6.45) is 6.11. The Bertz CT molecular complexity index is 890. The maximum atomic E-state index is 12.5. The second kappa shape index (κ2) is 5.77. The Morgan fingerprint density at radius 2 is 2.12 bits per heavy atom. The largest absolute Gasteiger partial charge is 0.319 e. The molecule has 7 nitrogen and oxygen atoms in total. The number of nitrogens with one attached hydrogen (secondary N) is 2. The number of anilines is 3. The van der Waals surface area contributed by atoms with Crippen LogP contribution in [0.4, 0.5) is 17.3 Å². The minimum atomic E-state index is -0.171. The maximum absolute atomic E-state index is 12.5. The Kier molecular flexibility index (Phi) is 3.45. The number of hydrogen-bond donors (Lipinski definition) is 2. The Labute approximate surface area is 138 Å². The minimum absolute atomic E-state index is 0.171. The predicted molar refractivity (Wildman–Crippen MR) is 91.3 cm³/mol. The normalized spacial score (nSPS) is 13.0. The molecule has 0 aliphatic carbocycles. The molecule has 0 saturated heterocycles. The molecule has 1 aliphatic heterocycles. The smallest absolute Gasteiger partial charge is 0.259 e. The zero-order valence-corrected chi connectivity index (χ0v) is 13.2. The molecule has 0 fully saturated rings. The molecule has 0 saturated carbocycles. The zero-order chi connectivity index (χ0) is 16.5. The van der Waals surface area contributed by atoms with E-state index in [1.807, 2.05) is 17.0 Å². The first kappa shape index (κ1) is 14.4. The highest BCUT2D eigenvalue weighted by molar-refractivity contribution is 6.11. The fourth-order valence-electron chi connectivity index (χ4n) is 2.82. The predicted octanol–water partition coefficient (Wildman–Crippen LogP) is 2.98. The first-order valence-electron chi connectivity index (χ1n) is 7.82. The van der Waals surface area contributed by atoms with Crippen LogP contribution >= 0.6 is 0 Å². The fraction of sp³-hybridized carbons (Fsp3) is 0.176. The molecule has 24 heavy (non-hydrogen) atoms. The second-order valence-electron chi connectivity index (χ2n) is 5.53. The lowest BCUT2D eigenvalue weighted by atomic mass is 10.2. The third-order valence-electron chi connectivity index (χ3n) is 3.91. The van der Waals surface area contributed by atoms with Gasteiger partial charge in [0, 0.05) is 24.5 Å². The topological polar surface area (TPSA) is 86.8 Å². The summed E-state index contributed by atoms with van der Waals surface area (Å²) in [5, 5.41) is 9.70. The van der Waals surface area contributed by atoms with E-state index in [1.54, 1.807) is 30.7 Å². The van der Waals surface area contributed by atoms with E-state index >= 15 is 0 Å². The van der Waals surface area contributed by atoms with Crippen LogP contribution in [0.25, 0.3) is 11.3 Å². The summed E-state index contributed by atoms with van der Waals surface area (Å²) in [5.41, 5.74) is 2.91. The summed E-state index contributed by atoms with van der Waals surface area (Å²) in [6.45, 7) is 2.80. The fourth-order valence-corrected chi connectivity index (χ4v) is 2.82. The highest BCUT2D eigenvalue weighted by atomic mass is 16.1. The van der Waals surface area contributed by atoms with Crippen molar-refractivity contribution < 1.29 is 4.79 Å². The highest BCUT2D eigenvalue weighted by Crippen LogP contribution is 2.36. The van der Waals surface area contributed by atoms with Crippen LogP contribution in [0.5, 0.6) is 0 Å². The van der Waals surface area contributed by atoms with E-state index in [1.165, 1.54) is 0 Å². The summed E-state index contributed by atoms with van der Waals surface area (Å²) in [6, 6.07) is 7.29. The number of rotatable bonds is 3. The van der Waals surface area contributed by atoms with Crippen LogP contribution in [0.2, 0.25) is 0 Å². The van der Waals surface area contributed by atoms with Crippen molar-refractivity contribution in [3.8, 4) is 11.3 Å². The number of H-pyrrole nitrogens is 1. The molecule has 4 heterocycles. The van der Waals surface area contributed by atoms with E-state index < -0.39 is 0 Å². The molecule has 2 N–H and O–H groups in total. The summed E-state index contributed by atoms with van der Waals surface area (Å²) in [7, 11) is 0. The summed E-state index contributed by atoms with van der Waals surface area (Å²) < 4.78 is 0. The van der Waals surface area contributed by atoms with Gasteiger partial charge >= 0.3 is 0 Å². The van der Waals surface area contributed by atoms with Gasteiger partial charge in [-0.3, -0.25) is 9.89 Å². The van der Waals surface area contributed by atoms with Crippen LogP contribution in [0.15, 0.2) is 42.9 Å². The van der Waals surface area contributed by atoms with Crippen molar-refractivity contribution in [3.63, 3.8) is 0 Å². The average molecular weight is 320 g/mol. The molecule has 0 spiro atoms. The molecule has 3 aromatic heterocycles. The molecule has 7 heteroatoms. The molecule has 4 rings (SSSR count). The van der Waals surface area contributed by atoms with E-state index in [2.05, 4.69) is 27.4 Å². The van der Waals surface area contributed by atoms with Gasteiger partial charge in [0.25, 0.3) is 5.91 Å². The molecule has 120 valence electrons. The number of carbonyl (C=O) groups is 1. The van der Waals surface area contributed by atoms with Crippen LogP contribution < -0.4 is 10.2 Å². The first-order chi connectivity index (χ1) is 11.8. The minimum Gasteiger partial charge on any atom is -0.319 e. The molecule has 0 atom stereocenters. The van der Waals surface area contributed by atoms with Gasteiger partial charge in [-0.05, 0) is 30.7 Å². The maximum Gasteiger partial charge on any atom is 0.259 e. The van der Waals surface area contributed by atoms with E-state index in [4.69, 9.17) is 4.98 Å². The Balaban J connectivity index is 1.91. The van der Waals surface area contributed by atoms with Gasteiger partial charge in [0.15, 0.2) is 5.82 Å². The monoisotopic (exact) mass is 320 g/mol. The van der Waals surface area contributed by atoms with Crippen LogP contribution in [0, 0.1) is 0 Å². The van der Waals surface area contributed by atoms with Gasteiger partial charge in [-0.15, -0.1) is 0 Å². The van der Waals surface area contributed by atoms with Gasteiger partial charge in [-0.2, -0.15) is 5.10 Å². The Hall–Kier alpha value is -3.22. The van der Waals surface area contributed by atoms with Crippen molar-refractivity contribution in [2.45, 2.75) is 13.3 Å². The molecule has 3 aromatic rings. The third-order valence-corrected chi connectivity index (χ3v) is 3.91. The van der Waals surface area contributed by atoms with Crippen molar-refractivity contribution in [2.24, 2.45) is 0 Å². The molecule has 1 amide bonds. The quantitative estimate of drug-likeness (QED) is 0.774. The van der Waals surface area contributed by atoms with Crippen LogP contribution in [-0.2, 0) is 0 Å². The van der Waals surface area contributed by atoms with Crippen molar-refractivity contribution in [1.29, 1.82) is 0 Å². The molecule has 0 unspecified atom stereocenters. The van der Waals surface area contributed by atoms with E-state index in [-0.39, 0.29) is 5.91 Å². The number of aromatic amines is 1. The molecule has 0 radical (unpaired) electrons. The number of aromatic nitrogens is 4. The van der Waals surface area contributed by atoms with Crippen molar-refractivity contribution >= 4 is 23.2 Å². The van der Waals surface area contributed by atoms with Gasteiger partial charge in [-0.1, -0.05) is 6.92 Å². The number of fused-ring (bicyclic) bond motifs is 2. The molecule has 1 aliphatic rings. The lowest BCUT2D eigenvalue weighted by Gasteiger charge is -2.23. The summed E-state index contributed by atoms with van der Waals surface area (Å²) in [4.78, 5) is 23.7. The molecular weight excluding hydrogens is 304 g/mol.